The van der Waals surface area contributed by atoms with Gasteiger partial charge in [-0.2, -0.15) is 16.8 Å². The number of hydrogen-bond donors (Lipinski definition) is 5. The number of carboxylic acids is 1. The van der Waals surface area contributed by atoms with Crippen molar-refractivity contribution in [1.29, 1.82) is 0 Å². The fourth-order valence-electron chi connectivity index (χ4n) is 4.49. The molecule has 0 unspecified atom stereocenters. The van der Waals surface area contributed by atoms with Crippen molar-refractivity contribution < 1.29 is 50.1 Å². The van der Waals surface area contributed by atoms with Crippen molar-refractivity contribution in [3.05, 3.63) is 70.3 Å². The second kappa shape index (κ2) is 7.17. The summed E-state index contributed by atoms with van der Waals surface area (Å²) in [6.45, 7) is 0. The molecule has 0 saturated carbocycles. The Kier molecular flexibility index (Phi) is 4.69. The Hall–Kier alpha value is -4.18. The first-order valence-corrected chi connectivity index (χ1v) is 12.7. The Morgan fingerprint density at radius 2 is 1.28 bits per heavy atom. The number of benzene rings is 3. The van der Waals surface area contributed by atoms with Crippen molar-refractivity contribution >= 4 is 43.5 Å². The summed E-state index contributed by atoms with van der Waals surface area (Å²) in [5.74, 6) is -3.75. The van der Waals surface area contributed by atoms with Crippen LogP contribution in [0.3, 0.4) is 0 Å². The van der Waals surface area contributed by atoms with Crippen molar-refractivity contribution in [3.63, 3.8) is 0 Å². The molecule has 2 heterocycles. The van der Waals surface area contributed by atoms with E-state index in [-0.39, 0.29) is 27.8 Å². The van der Waals surface area contributed by atoms with Crippen LogP contribution in [0, 0.1) is 0 Å². The van der Waals surface area contributed by atoms with Gasteiger partial charge in [-0.1, -0.05) is 6.07 Å². The molecule has 7 N–H and O–H groups in total. The number of fused-ring (bicyclic) bond motifs is 6. The number of rotatable bonds is 3. The zero-order valence-corrected chi connectivity index (χ0v) is 19.3. The summed E-state index contributed by atoms with van der Waals surface area (Å²) in [5.41, 5.74) is 7.64. The normalized spacial score (nSPS) is 15.4. The average Bonchev–Trinajstić information content (AvgIpc) is 3.04. The number of esters is 1. The Morgan fingerprint density at radius 3 is 1.72 bits per heavy atom. The molecule has 186 valence electrons. The minimum absolute atomic E-state index is 0.000387. The molecule has 0 amide bonds. The van der Waals surface area contributed by atoms with Crippen molar-refractivity contribution in [2.75, 3.05) is 11.5 Å². The molecule has 0 saturated heterocycles. The summed E-state index contributed by atoms with van der Waals surface area (Å²) in [5, 5.41) is 9.34. The van der Waals surface area contributed by atoms with E-state index in [9.17, 15) is 40.6 Å². The third-order valence-corrected chi connectivity index (χ3v) is 7.75. The van der Waals surface area contributed by atoms with Crippen molar-refractivity contribution in [3.8, 4) is 11.5 Å². The number of nitrogen functional groups attached to an aromatic ring is 2. The molecule has 13 nitrogen and oxygen atoms in total. The van der Waals surface area contributed by atoms with E-state index in [2.05, 4.69) is 0 Å². The average molecular weight is 534 g/mol. The van der Waals surface area contributed by atoms with Gasteiger partial charge in [0.1, 0.15) is 0 Å². The summed E-state index contributed by atoms with van der Waals surface area (Å²) in [4.78, 5) is 22.5. The monoisotopic (exact) mass is 534 g/mol. The minimum atomic E-state index is -5.10. The highest BCUT2D eigenvalue weighted by atomic mass is 32.2. The van der Waals surface area contributed by atoms with E-state index in [1.165, 1.54) is 18.2 Å². The van der Waals surface area contributed by atoms with E-state index in [1.807, 2.05) is 0 Å². The maximum absolute atomic E-state index is 13.0. The van der Waals surface area contributed by atoms with Gasteiger partial charge in [-0.25, -0.2) is 9.59 Å². The van der Waals surface area contributed by atoms with Crippen molar-refractivity contribution in [2.24, 2.45) is 0 Å². The van der Waals surface area contributed by atoms with Gasteiger partial charge in [0.05, 0.1) is 22.5 Å². The van der Waals surface area contributed by atoms with Crippen LogP contribution >= 0.6 is 0 Å². The van der Waals surface area contributed by atoms with Crippen molar-refractivity contribution in [2.45, 2.75) is 15.4 Å². The molecule has 0 aliphatic carbocycles. The van der Waals surface area contributed by atoms with E-state index in [0.717, 1.165) is 24.3 Å². The van der Waals surface area contributed by atoms with Crippen molar-refractivity contribution in [1.82, 2.24) is 0 Å². The molecular weight excluding hydrogens is 520 g/mol. The molecule has 0 radical (unpaired) electrons. The summed E-state index contributed by atoms with van der Waals surface area (Å²) in [7, 11) is -10.2. The summed E-state index contributed by atoms with van der Waals surface area (Å²) in [6.07, 6.45) is 0. The molecule has 3 aromatic rings. The van der Waals surface area contributed by atoms with Crippen LogP contribution in [0.4, 0.5) is 11.4 Å². The van der Waals surface area contributed by atoms with Crippen LogP contribution in [0.15, 0.2) is 52.3 Å². The lowest BCUT2D eigenvalue weighted by Gasteiger charge is -2.37. The highest BCUT2D eigenvalue weighted by Gasteiger charge is 2.56. The Labute approximate surface area is 202 Å². The lowest BCUT2D eigenvalue weighted by atomic mass is 9.77. The molecule has 0 aromatic heterocycles. The molecular formula is C21H14N2O11S2. The second-order valence-corrected chi connectivity index (χ2v) is 10.6. The fraction of sp³-hybridized carbons (Fsp3) is 0.0476. The van der Waals surface area contributed by atoms with Gasteiger partial charge in [0.25, 0.3) is 20.2 Å². The number of carbonyl (C=O) groups is 2. The molecule has 3 aromatic carbocycles. The molecule has 15 heteroatoms. The molecule has 0 fully saturated rings. The topological polar surface area (TPSA) is 234 Å². The predicted octanol–water partition coefficient (Wildman–Crippen LogP) is 1.61. The summed E-state index contributed by atoms with van der Waals surface area (Å²) in [6, 6.07) is 8.08. The first-order chi connectivity index (χ1) is 16.7. The first kappa shape index (κ1) is 23.6. The fourth-order valence-corrected chi connectivity index (χ4v) is 6.00. The van der Waals surface area contributed by atoms with E-state index in [1.54, 1.807) is 0 Å². The smallest absolute Gasteiger partial charge is 0.340 e. The Bertz CT molecular complexity index is 1680. The Balaban J connectivity index is 2.00. The Morgan fingerprint density at radius 1 is 0.806 bits per heavy atom. The maximum atomic E-state index is 13.0. The van der Waals surface area contributed by atoms with E-state index in [0.29, 0.717) is 0 Å². The van der Waals surface area contributed by atoms with E-state index in [4.69, 9.17) is 20.9 Å². The van der Waals surface area contributed by atoms with E-state index >= 15 is 0 Å². The largest absolute Gasteiger partial charge is 0.478 e. The molecule has 0 bridgehead atoms. The molecule has 5 rings (SSSR count). The van der Waals surface area contributed by atoms with Gasteiger partial charge in [-0.3, -0.25) is 9.11 Å². The van der Waals surface area contributed by atoms with Gasteiger partial charge in [0, 0.05) is 16.7 Å². The van der Waals surface area contributed by atoms with Gasteiger partial charge < -0.3 is 26.0 Å². The zero-order valence-electron chi connectivity index (χ0n) is 17.6. The summed E-state index contributed by atoms with van der Waals surface area (Å²) < 4.78 is 80.1. The highest BCUT2D eigenvalue weighted by Crippen LogP contribution is 2.59. The van der Waals surface area contributed by atoms with Crippen LogP contribution in [0.2, 0.25) is 0 Å². The SMILES string of the molecule is Nc1ccc2c(c1S(=O)(=O)O)Oc1c(ccc(N)c1S(=O)(=O)O)C21OC(=O)c2cc(C(=O)O)ccc21. The van der Waals surface area contributed by atoms with E-state index < -0.39 is 70.4 Å². The van der Waals surface area contributed by atoms with Crippen LogP contribution in [-0.4, -0.2) is 43.0 Å². The number of ether oxygens (including phenoxy) is 2. The lowest BCUT2D eigenvalue weighted by molar-refractivity contribution is 0.0221. The first-order valence-electron chi connectivity index (χ1n) is 9.78. The number of carbonyl (C=O) groups excluding carboxylic acids is 1. The predicted molar refractivity (Wildman–Crippen MR) is 120 cm³/mol. The number of anilines is 2. The maximum Gasteiger partial charge on any atom is 0.340 e. The third kappa shape index (κ3) is 3.07. The van der Waals surface area contributed by atoms with Crippen LogP contribution in [0.5, 0.6) is 11.5 Å². The molecule has 1 spiro atoms. The van der Waals surface area contributed by atoms with Crippen LogP contribution in [0.1, 0.15) is 37.4 Å². The third-order valence-electron chi connectivity index (χ3n) is 5.88. The van der Waals surface area contributed by atoms with Gasteiger partial charge in [0.2, 0.25) is 0 Å². The van der Waals surface area contributed by atoms with Crippen LogP contribution in [-0.2, 0) is 30.6 Å². The lowest BCUT2D eigenvalue weighted by Crippen LogP contribution is -2.34. The minimum Gasteiger partial charge on any atom is -0.478 e. The number of aromatic carboxylic acids is 1. The molecule has 2 aliphatic heterocycles. The van der Waals surface area contributed by atoms with Gasteiger partial charge in [-0.05, 0) is 36.4 Å². The standard InChI is InChI=1S/C21H14N2O11S2/c22-13-5-3-11-15(17(13)35(27,28)29)33-16-12(4-6-14(23)18(16)36(30,31)32)21(11)10-2-1-8(19(24)25)7-9(10)20(26)34-21/h1-7H,22-23H2,(H,24,25)(H,27,28,29)(H,30,31,32). The molecule has 36 heavy (non-hydrogen) atoms. The number of carboxylic acid groups (broad SMARTS) is 1. The highest BCUT2D eigenvalue weighted by molar-refractivity contribution is 7.86. The zero-order chi connectivity index (χ0) is 26.4. The second-order valence-electron chi connectivity index (χ2n) is 7.91. The summed E-state index contributed by atoms with van der Waals surface area (Å²) >= 11 is 0. The molecule has 0 atom stereocenters. The van der Waals surface area contributed by atoms with Gasteiger partial charge in [0.15, 0.2) is 26.9 Å². The number of hydrogen-bond acceptors (Lipinski definition) is 10. The van der Waals surface area contributed by atoms with Gasteiger partial charge >= 0.3 is 11.9 Å². The van der Waals surface area contributed by atoms with Crippen LogP contribution in [0.25, 0.3) is 0 Å². The molecule has 2 aliphatic rings. The van der Waals surface area contributed by atoms with Crippen LogP contribution < -0.4 is 16.2 Å². The quantitative estimate of drug-likeness (QED) is 0.183. The van der Waals surface area contributed by atoms with Gasteiger partial charge in [-0.15, -0.1) is 0 Å². The number of nitrogens with two attached hydrogens (primary N) is 2.